The lowest BCUT2D eigenvalue weighted by atomic mass is 9.84. The van der Waals surface area contributed by atoms with Crippen LogP contribution in [0.5, 0.6) is 0 Å². The first-order chi connectivity index (χ1) is 9.99. The summed E-state index contributed by atoms with van der Waals surface area (Å²) in [6.45, 7) is 1.79. The average Bonchev–Trinajstić information content (AvgIpc) is 3.01. The van der Waals surface area contributed by atoms with Crippen molar-refractivity contribution in [1.82, 2.24) is 0 Å². The topological polar surface area (TPSA) is 98.2 Å². The van der Waals surface area contributed by atoms with E-state index < -0.39 is 5.91 Å². The third-order valence-corrected chi connectivity index (χ3v) is 5.14. The fourth-order valence-electron chi connectivity index (χ4n) is 3.98. The zero-order valence-electron chi connectivity index (χ0n) is 12.1. The van der Waals surface area contributed by atoms with Gasteiger partial charge in [0.1, 0.15) is 0 Å². The van der Waals surface area contributed by atoms with Crippen molar-refractivity contribution < 1.29 is 9.59 Å². The molecule has 4 atom stereocenters. The van der Waals surface area contributed by atoms with Gasteiger partial charge in [-0.05, 0) is 55.7 Å². The van der Waals surface area contributed by atoms with Crippen LogP contribution < -0.4 is 16.8 Å². The molecule has 0 radical (unpaired) electrons. The third-order valence-electron chi connectivity index (χ3n) is 5.14. The number of fused-ring (bicyclic) bond motifs is 2. The molecular weight excluding hydrogens is 266 g/mol. The molecule has 21 heavy (non-hydrogen) atoms. The van der Waals surface area contributed by atoms with Crippen molar-refractivity contribution in [1.29, 1.82) is 0 Å². The summed E-state index contributed by atoms with van der Waals surface area (Å²) < 4.78 is 0. The first kappa shape index (κ1) is 14.1. The minimum absolute atomic E-state index is 0.0283. The van der Waals surface area contributed by atoms with Crippen LogP contribution in [0.4, 0.5) is 5.69 Å². The normalized spacial score (nSPS) is 30.4. The highest BCUT2D eigenvalue weighted by atomic mass is 16.2. The Morgan fingerprint density at radius 2 is 1.95 bits per heavy atom. The van der Waals surface area contributed by atoms with E-state index in [1.807, 2.05) is 0 Å². The number of hydrogen-bond acceptors (Lipinski definition) is 3. The summed E-state index contributed by atoms with van der Waals surface area (Å²) in [5.74, 6) is 0.272. The maximum absolute atomic E-state index is 12.5. The molecule has 2 amide bonds. The van der Waals surface area contributed by atoms with Gasteiger partial charge in [0, 0.05) is 17.3 Å². The fraction of sp³-hybridized carbons (Fsp3) is 0.500. The standard InChI is InChI=1S/C16H21N3O2/c1-8-11(15(18)20)3-2-4-12(8)19-16(21)13-9-5-6-10(7-9)14(13)17/h2-4,9-10,13-14H,5-7,17H2,1H3,(H2,18,20)(H,19,21). The molecule has 4 unspecified atom stereocenters. The smallest absolute Gasteiger partial charge is 0.249 e. The molecule has 3 rings (SSSR count). The highest BCUT2D eigenvalue weighted by molar-refractivity contribution is 5.99. The van der Waals surface area contributed by atoms with Gasteiger partial charge in [0.15, 0.2) is 0 Å². The predicted molar refractivity (Wildman–Crippen MR) is 80.6 cm³/mol. The highest BCUT2D eigenvalue weighted by Gasteiger charge is 2.49. The van der Waals surface area contributed by atoms with Crippen LogP contribution in [0.25, 0.3) is 0 Å². The molecule has 0 heterocycles. The second-order valence-corrected chi connectivity index (χ2v) is 6.27. The van der Waals surface area contributed by atoms with Crippen LogP contribution in [-0.2, 0) is 4.79 Å². The summed E-state index contributed by atoms with van der Waals surface area (Å²) in [6, 6.07) is 5.14. The molecule has 0 aromatic heterocycles. The summed E-state index contributed by atoms with van der Waals surface area (Å²) in [4.78, 5) is 23.9. The van der Waals surface area contributed by atoms with E-state index in [0.29, 0.717) is 28.7 Å². The van der Waals surface area contributed by atoms with E-state index in [9.17, 15) is 9.59 Å². The number of carbonyl (C=O) groups is 2. The number of rotatable bonds is 3. The summed E-state index contributed by atoms with van der Waals surface area (Å²) in [6.07, 6.45) is 3.31. The van der Waals surface area contributed by atoms with Gasteiger partial charge in [-0.15, -0.1) is 0 Å². The average molecular weight is 287 g/mol. The molecule has 1 aromatic rings. The number of nitrogens with two attached hydrogens (primary N) is 2. The van der Waals surface area contributed by atoms with Gasteiger partial charge in [0.2, 0.25) is 11.8 Å². The van der Waals surface area contributed by atoms with E-state index in [1.54, 1.807) is 25.1 Å². The Morgan fingerprint density at radius 3 is 2.57 bits per heavy atom. The van der Waals surface area contributed by atoms with Gasteiger partial charge in [0.05, 0.1) is 5.92 Å². The molecule has 0 spiro atoms. The van der Waals surface area contributed by atoms with E-state index in [-0.39, 0.29) is 17.9 Å². The number of carbonyl (C=O) groups excluding carboxylic acids is 2. The number of hydrogen-bond donors (Lipinski definition) is 3. The summed E-state index contributed by atoms with van der Waals surface area (Å²) in [5.41, 5.74) is 13.3. The van der Waals surface area contributed by atoms with E-state index in [2.05, 4.69) is 5.32 Å². The van der Waals surface area contributed by atoms with E-state index in [0.717, 1.165) is 19.3 Å². The van der Waals surface area contributed by atoms with Crippen molar-refractivity contribution in [2.45, 2.75) is 32.2 Å². The van der Waals surface area contributed by atoms with Crippen molar-refractivity contribution >= 4 is 17.5 Å². The number of benzene rings is 1. The Morgan fingerprint density at radius 1 is 1.24 bits per heavy atom. The Balaban J connectivity index is 1.80. The molecule has 2 fully saturated rings. The number of amides is 2. The van der Waals surface area contributed by atoms with Crippen molar-refractivity contribution in [3.05, 3.63) is 29.3 Å². The molecule has 2 aliphatic carbocycles. The van der Waals surface area contributed by atoms with Gasteiger partial charge in [-0.25, -0.2) is 0 Å². The van der Waals surface area contributed by atoms with Gasteiger partial charge in [-0.3, -0.25) is 9.59 Å². The molecule has 0 aliphatic heterocycles. The van der Waals surface area contributed by atoms with Gasteiger partial charge in [-0.1, -0.05) is 6.07 Å². The van der Waals surface area contributed by atoms with Gasteiger partial charge in [-0.2, -0.15) is 0 Å². The molecule has 2 aliphatic rings. The lowest BCUT2D eigenvalue weighted by Gasteiger charge is -2.27. The molecular formula is C16H21N3O2. The Bertz CT molecular complexity index is 597. The SMILES string of the molecule is Cc1c(NC(=O)C2C3CCC(C3)C2N)cccc1C(N)=O. The molecule has 5 nitrogen and oxygen atoms in total. The monoisotopic (exact) mass is 287 g/mol. The van der Waals surface area contributed by atoms with Crippen LogP contribution >= 0.6 is 0 Å². The molecule has 1 aromatic carbocycles. The quantitative estimate of drug-likeness (QED) is 0.783. The van der Waals surface area contributed by atoms with Crippen LogP contribution in [0, 0.1) is 24.7 Å². The minimum atomic E-state index is -0.486. The number of nitrogens with one attached hydrogen (secondary N) is 1. The summed E-state index contributed by atoms with van der Waals surface area (Å²) in [5, 5.41) is 2.94. The van der Waals surface area contributed by atoms with Crippen molar-refractivity contribution in [2.75, 3.05) is 5.32 Å². The Kier molecular flexibility index (Phi) is 3.45. The number of anilines is 1. The van der Waals surface area contributed by atoms with Crippen molar-refractivity contribution in [3.8, 4) is 0 Å². The van der Waals surface area contributed by atoms with Crippen LogP contribution in [-0.4, -0.2) is 17.9 Å². The number of primary amides is 1. The molecule has 2 bridgehead atoms. The van der Waals surface area contributed by atoms with Crippen LogP contribution in [0.15, 0.2) is 18.2 Å². The van der Waals surface area contributed by atoms with Gasteiger partial charge in [0.25, 0.3) is 0 Å². The summed E-state index contributed by atoms with van der Waals surface area (Å²) in [7, 11) is 0. The van der Waals surface area contributed by atoms with Gasteiger partial charge >= 0.3 is 0 Å². The first-order valence-corrected chi connectivity index (χ1v) is 7.45. The van der Waals surface area contributed by atoms with E-state index in [1.165, 1.54) is 0 Å². The maximum Gasteiger partial charge on any atom is 0.249 e. The lowest BCUT2D eigenvalue weighted by Crippen LogP contribution is -2.42. The van der Waals surface area contributed by atoms with E-state index in [4.69, 9.17) is 11.5 Å². The largest absolute Gasteiger partial charge is 0.366 e. The second kappa shape index (κ2) is 5.15. The van der Waals surface area contributed by atoms with E-state index >= 15 is 0 Å². The molecule has 2 saturated carbocycles. The summed E-state index contributed by atoms with van der Waals surface area (Å²) >= 11 is 0. The zero-order chi connectivity index (χ0) is 15.1. The minimum Gasteiger partial charge on any atom is -0.366 e. The second-order valence-electron chi connectivity index (χ2n) is 6.27. The Hall–Kier alpha value is -1.88. The fourth-order valence-corrected chi connectivity index (χ4v) is 3.98. The molecule has 0 saturated heterocycles. The lowest BCUT2D eigenvalue weighted by molar-refractivity contribution is -0.121. The molecule has 112 valence electrons. The first-order valence-electron chi connectivity index (χ1n) is 7.45. The zero-order valence-corrected chi connectivity index (χ0v) is 12.1. The van der Waals surface area contributed by atoms with Crippen LogP contribution in [0.1, 0.15) is 35.2 Å². The maximum atomic E-state index is 12.5. The van der Waals surface area contributed by atoms with Crippen LogP contribution in [0.2, 0.25) is 0 Å². The highest BCUT2D eigenvalue weighted by Crippen LogP contribution is 2.48. The van der Waals surface area contributed by atoms with Crippen molar-refractivity contribution in [2.24, 2.45) is 29.2 Å². The molecule has 5 N–H and O–H groups in total. The van der Waals surface area contributed by atoms with Crippen LogP contribution in [0.3, 0.4) is 0 Å². The Labute approximate surface area is 124 Å². The third kappa shape index (κ3) is 2.31. The predicted octanol–water partition coefficient (Wildman–Crippen LogP) is 1.41. The van der Waals surface area contributed by atoms with Crippen molar-refractivity contribution in [3.63, 3.8) is 0 Å². The van der Waals surface area contributed by atoms with Gasteiger partial charge < -0.3 is 16.8 Å². The molecule has 5 heteroatoms.